The maximum Gasteiger partial charge on any atom is 0.254 e. The molecule has 1 aliphatic rings. The highest BCUT2D eigenvalue weighted by atomic mass is 35.5. The molecule has 0 aliphatic carbocycles. The lowest BCUT2D eigenvalue weighted by atomic mass is 10.0. The number of carbonyl (C=O) groups is 1. The van der Waals surface area contributed by atoms with Gasteiger partial charge in [0, 0.05) is 25.6 Å². The van der Waals surface area contributed by atoms with Gasteiger partial charge in [0.25, 0.3) is 5.91 Å². The average Bonchev–Trinajstić information content (AvgIpc) is 2.19. The van der Waals surface area contributed by atoms with Gasteiger partial charge in [-0.2, -0.15) is 0 Å². The molecule has 0 saturated carbocycles. The van der Waals surface area contributed by atoms with Gasteiger partial charge in [0.1, 0.15) is 0 Å². The second-order valence-corrected chi connectivity index (χ2v) is 3.84. The van der Waals surface area contributed by atoms with Crippen LogP contribution in [0.1, 0.15) is 10.4 Å². The molecule has 1 aromatic carbocycles. The molecule has 1 saturated heterocycles. The fourth-order valence-electron chi connectivity index (χ4n) is 1.50. The summed E-state index contributed by atoms with van der Waals surface area (Å²) in [7, 11) is 0. The SMILES string of the molecule is Cl.O=C(NCC1CNC1)c1cccc(F)c1F. The van der Waals surface area contributed by atoms with Gasteiger partial charge in [-0.15, -0.1) is 12.4 Å². The first-order chi connectivity index (χ1) is 7.68. The van der Waals surface area contributed by atoms with Crippen LogP contribution in [0.25, 0.3) is 0 Å². The molecule has 1 heterocycles. The average molecular weight is 263 g/mol. The van der Waals surface area contributed by atoms with E-state index >= 15 is 0 Å². The highest BCUT2D eigenvalue weighted by Gasteiger charge is 2.19. The maximum atomic E-state index is 13.2. The lowest BCUT2D eigenvalue weighted by molar-refractivity contribution is 0.0937. The number of hydrogen-bond donors (Lipinski definition) is 2. The Morgan fingerprint density at radius 1 is 1.41 bits per heavy atom. The summed E-state index contributed by atoms with van der Waals surface area (Å²) < 4.78 is 26.1. The van der Waals surface area contributed by atoms with Crippen molar-refractivity contribution in [3.05, 3.63) is 35.4 Å². The van der Waals surface area contributed by atoms with Gasteiger partial charge in [-0.25, -0.2) is 8.78 Å². The summed E-state index contributed by atoms with van der Waals surface area (Å²) in [6, 6.07) is 3.58. The van der Waals surface area contributed by atoms with Gasteiger partial charge in [0.05, 0.1) is 5.56 Å². The van der Waals surface area contributed by atoms with Crippen molar-refractivity contribution in [2.75, 3.05) is 19.6 Å². The molecule has 6 heteroatoms. The predicted molar refractivity (Wildman–Crippen MR) is 62.3 cm³/mol. The highest BCUT2D eigenvalue weighted by molar-refractivity contribution is 5.94. The number of amides is 1. The van der Waals surface area contributed by atoms with Crippen molar-refractivity contribution in [1.82, 2.24) is 10.6 Å². The van der Waals surface area contributed by atoms with Crippen LogP contribution in [-0.2, 0) is 0 Å². The first kappa shape index (κ1) is 13.9. The van der Waals surface area contributed by atoms with E-state index in [0.717, 1.165) is 19.2 Å². The molecular weight excluding hydrogens is 250 g/mol. The first-order valence-corrected chi connectivity index (χ1v) is 5.11. The molecule has 1 fully saturated rings. The fourth-order valence-corrected chi connectivity index (χ4v) is 1.50. The molecule has 0 bridgehead atoms. The van der Waals surface area contributed by atoms with Crippen LogP contribution in [0.3, 0.4) is 0 Å². The van der Waals surface area contributed by atoms with E-state index in [1.807, 2.05) is 0 Å². The van der Waals surface area contributed by atoms with Crippen molar-refractivity contribution >= 4 is 18.3 Å². The van der Waals surface area contributed by atoms with Crippen LogP contribution in [0.2, 0.25) is 0 Å². The van der Waals surface area contributed by atoms with Crippen molar-refractivity contribution in [1.29, 1.82) is 0 Å². The molecule has 94 valence electrons. The van der Waals surface area contributed by atoms with E-state index < -0.39 is 17.5 Å². The van der Waals surface area contributed by atoms with E-state index in [0.29, 0.717) is 12.5 Å². The van der Waals surface area contributed by atoms with Gasteiger partial charge < -0.3 is 10.6 Å². The van der Waals surface area contributed by atoms with E-state index in [2.05, 4.69) is 10.6 Å². The summed E-state index contributed by atoms with van der Waals surface area (Å²) in [5.41, 5.74) is -0.243. The Balaban J connectivity index is 0.00000144. The summed E-state index contributed by atoms with van der Waals surface area (Å²) in [5.74, 6) is -2.27. The Kier molecular flexibility index (Phi) is 4.84. The number of nitrogens with one attached hydrogen (secondary N) is 2. The molecule has 3 nitrogen and oxygen atoms in total. The fraction of sp³-hybridized carbons (Fsp3) is 0.364. The van der Waals surface area contributed by atoms with Gasteiger partial charge in [-0.3, -0.25) is 4.79 Å². The Bertz CT molecular complexity index is 410. The molecule has 0 atom stereocenters. The summed E-state index contributed by atoms with van der Waals surface area (Å²) in [4.78, 5) is 11.5. The molecule has 17 heavy (non-hydrogen) atoms. The van der Waals surface area contributed by atoms with Gasteiger partial charge in [-0.05, 0) is 12.1 Å². The third-order valence-electron chi connectivity index (χ3n) is 2.61. The normalized spacial score (nSPS) is 14.7. The van der Waals surface area contributed by atoms with E-state index in [1.165, 1.54) is 12.1 Å². The van der Waals surface area contributed by atoms with Crippen LogP contribution >= 0.6 is 12.4 Å². The Hall–Kier alpha value is -1.20. The summed E-state index contributed by atoms with van der Waals surface area (Å²) in [6.07, 6.45) is 0. The molecule has 1 amide bonds. The predicted octanol–water partition coefficient (Wildman–Crippen LogP) is 1.34. The first-order valence-electron chi connectivity index (χ1n) is 5.11. The lowest BCUT2D eigenvalue weighted by Crippen LogP contribution is -2.48. The van der Waals surface area contributed by atoms with Crippen molar-refractivity contribution in [3.63, 3.8) is 0 Å². The molecule has 0 spiro atoms. The third kappa shape index (κ3) is 3.14. The van der Waals surface area contributed by atoms with E-state index in [1.54, 1.807) is 0 Å². The van der Waals surface area contributed by atoms with Crippen molar-refractivity contribution in [3.8, 4) is 0 Å². The zero-order valence-corrected chi connectivity index (χ0v) is 9.82. The zero-order valence-electron chi connectivity index (χ0n) is 9.00. The van der Waals surface area contributed by atoms with E-state index in [9.17, 15) is 13.6 Å². The third-order valence-corrected chi connectivity index (χ3v) is 2.61. The second kappa shape index (κ2) is 5.93. The highest BCUT2D eigenvalue weighted by Crippen LogP contribution is 2.11. The molecule has 0 unspecified atom stereocenters. The maximum absolute atomic E-state index is 13.2. The molecule has 0 aromatic heterocycles. The van der Waals surface area contributed by atoms with Gasteiger partial charge in [0.2, 0.25) is 0 Å². The van der Waals surface area contributed by atoms with Crippen LogP contribution in [0, 0.1) is 17.6 Å². The Morgan fingerprint density at radius 3 is 2.71 bits per heavy atom. The van der Waals surface area contributed by atoms with Crippen LogP contribution < -0.4 is 10.6 Å². The quantitative estimate of drug-likeness (QED) is 0.863. The summed E-state index contributed by atoms with van der Waals surface area (Å²) in [5, 5.41) is 5.64. The molecule has 1 aromatic rings. The molecule has 2 N–H and O–H groups in total. The molecule has 1 aliphatic heterocycles. The minimum absolute atomic E-state index is 0. The molecule has 0 radical (unpaired) electrons. The van der Waals surface area contributed by atoms with Crippen LogP contribution in [0.4, 0.5) is 8.78 Å². The molecular formula is C11H13ClF2N2O. The lowest BCUT2D eigenvalue weighted by Gasteiger charge is -2.27. The Morgan fingerprint density at radius 2 is 2.12 bits per heavy atom. The van der Waals surface area contributed by atoms with E-state index in [4.69, 9.17) is 0 Å². The number of halogens is 3. The minimum Gasteiger partial charge on any atom is -0.352 e. The second-order valence-electron chi connectivity index (χ2n) is 3.84. The van der Waals surface area contributed by atoms with Gasteiger partial charge in [0.15, 0.2) is 11.6 Å². The van der Waals surface area contributed by atoms with Gasteiger partial charge >= 0.3 is 0 Å². The van der Waals surface area contributed by atoms with Crippen LogP contribution in [-0.4, -0.2) is 25.5 Å². The minimum atomic E-state index is -1.09. The number of benzene rings is 1. The zero-order chi connectivity index (χ0) is 11.5. The number of hydrogen-bond acceptors (Lipinski definition) is 2. The smallest absolute Gasteiger partial charge is 0.254 e. The summed E-state index contributed by atoms with van der Waals surface area (Å²) >= 11 is 0. The Labute approximate surface area is 104 Å². The van der Waals surface area contributed by atoms with Crippen molar-refractivity contribution in [2.45, 2.75) is 0 Å². The van der Waals surface area contributed by atoms with Crippen molar-refractivity contribution < 1.29 is 13.6 Å². The summed E-state index contributed by atoms with van der Waals surface area (Å²) in [6.45, 7) is 2.19. The standard InChI is InChI=1S/C11H12F2N2O.ClH/c12-9-3-1-2-8(10(9)13)11(16)15-6-7-4-14-5-7;/h1-3,7,14H,4-6H2,(H,15,16);1H. The van der Waals surface area contributed by atoms with E-state index in [-0.39, 0.29) is 18.0 Å². The van der Waals surface area contributed by atoms with Crippen LogP contribution in [0.15, 0.2) is 18.2 Å². The number of carbonyl (C=O) groups excluding carboxylic acids is 1. The van der Waals surface area contributed by atoms with Gasteiger partial charge in [-0.1, -0.05) is 6.07 Å². The topological polar surface area (TPSA) is 41.1 Å². The monoisotopic (exact) mass is 262 g/mol. The van der Waals surface area contributed by atoms with Crippen LogP contribution in [0.5, 0.6) is 0 Å². The van der Waals surface area contributed by atoms with Crippen molar-refractivity contribution in [2.24, 2.45) is 5.92 Å². The molecule has 2 rings (SSSR count). The number of rotatable bonds is 3. The largest absolute Gasteiger partial charge is 0.352 e.